The van der Waals surface area contributed by atoms with Gasteiger partial charge in [-0.3, -0.25) is 14.2 Å². The summed E-state index contributed by atoms with van der Waals surface area (Å²) >= 11 is 7.97. The average Bonchev–Trinajstić information content (AvgIpc) is 3.31. The van der Waals surface area contributed by atoms with Gasteiger partial charge in [0.2, 0.25) is 5.88 Å². The van der Waals surface area contributed by atoms with E-state index in [0.717, 1.165) is 57.6 Å². The number of halogens is 1. The van der Waals surface area contributed by atoms with E-state index in [1.165, 1.54) is 16.3 Å². The van der Waals surface area contributed by atoms with Gasteiger partial charge in [-0.1, -0.05) is 29.4 Å². The highest BCUT2D eigenvalue weighted by molar-refractivity contribution is 7.99. The Balaban J connectivity index is 1.13. The van der Waals surface area contributed by atoms with Crippen LogP contribution in [0.1, 0.15) is 55.2 Å². The number of amides is 1. The van der Waals surface area contributed by atoms with E-state index in [1.807, 2.05) is 6.07 Å². The highest BCUT2D eigenvalue weighted by Gasteiger charge is 2.41. The van der Waals surface area contributed by atoms with Gasteiger partial charge in [-0.15, -0.1) is 0 Å². The number of piperidine rings is 1. The Morgan fingerprint density at radius 3 is 2.75 bits per heavy atom. The summed E-state index contributed by atoms with van der Waals surface area (Å²) in [5.74, 6) is 0.0211. The monoisotopic (exact) mass is 582 g/mol. The summed E-state index contributed by atoms with van der Waals surface area (Å²) in [6, 6.07) is 5.21. The lowest BCUT2D eigenvalue weighted by molar-refractivity contribution is 0.0975. The quantitative estimate of drug-likeness (QED) is 0.447. The molecule has 10 nitrogen and oxygen atoms in total. The molecule has 1 spiro atoms. The molecule has 3 aliphatic rings. The largest absolute Gasteiger partial charge is 0.493 e. The van der Waals surface area contributed by atoms with Gasteiger partial charge < -0.3 is 20.1 Å². The molecular weight excluding hydrogens is 552 g/mol. The third-order valence-corrected chi connectivity index (χ3v) is 9.57. The predicted octanol–water partition coefficient (Wildman–Crippen LogP) is 4.53. The number of carbonyl (C=O) groups excluding carboxylic acids is 1. The Morgan fingerprint density at radius 1 is 1.20 bits per heavy atom. The lowest BCUT2D eigenvalue weighted by atomic mass is 9.77. The van der Waals surface area contributed by atoms with Crippen LogP contribution >= 0.6 is 23.4 Å². The summed E-state index contributed by atoms with van der Waals surface area (Å²) in [7, 11) is 0. The molecule has 0 aliphatic carbocycles. The lowest BCUT2D eigenvalue weighted by Crippen LogP contribution is -2.41. The molecule has 0 saturated carbocycles. The molecule has 3 aliphatic heterocycles. The minimum atomic E-state index is -0.758. The molecule has 2 N–H and O–H groups in total. The number of benzene rings is 1. The van der Waals surface area contributed by atoms with Crippen LogP contribution in [0.2, 0.25) is 5.02 Å². The maximum absolute atomic E-state index is 13.0. The van der Waals surface area contributed by atoms with Crippen LogP contribution in [0, 0.1) is 5.41 Å². The number of aromatic hydroxyl groups is 1. The molecule has 2 saturated heterocycles. The number of hydrogen-bond acceptors (Lipinski definition) is 9. The van der Waals surface area contributed by atoms with Crippen LogP contribution in [0.15, 0.2) is 45.3 Å². The van der Waals surface area contributed by atoms with Crippen molar-refractivity contribution < 1.29 is 14.6 Å². The molecule has 6 rings (SSSR count). The number of nitrogens with one attached hydrogen (secondary N) is 1. The molecule has 3 aromatic rings. The first-order chi connectivity index (χ1) is 19.3. The zero-order valence-electron chi connectivity index (χ0n) is 22.2. The smallest absolute Gasteiger partial charge is 0.270 e. The molecule has 1 amide bonds. The Bertz CT molecular complexity index is 1490. The van der Waals surface area contributed by atoms with Gasteiger partial charge in [0.15, 0.2) is 5.56 Å². The second-order valence-corrected chi connectivity index (χ2v) is 12.3. The maximum Gasteiger partial charge on any atom is 0.270 e. The van der Waals surface area contributed by atoms with Crippen LogP contribution in [0.4, 0.5) is 11.5 Å². The van der Waals surface area contributed by atoms with Crippen molar-refractivity contribution in [3.63, 3.8) is 0 Å². The van der Waals surface area contributed by atoms with Gasteiger partial charge in [-0.2, -0.15) is 4.98 Å². The molecule has 1 atom stereocenters. The summed E-state index contributed by atoms with van der Waals surface area (Å²) in [5, 5.41) is 14.0. The summed E-state index contributed by atoms with van der Waals surface area (Å²) in [4.78, 5) is 42.2. The molecule has 0 unspecified atom stereocenters. The van der Waals surface area contributed by atoms with Crippen molar-refractivity contribution in [1.29, 1.82) is 0 Å². The van der Waals surface area contributed by atoms with Gasteiger partial charge in [-0.25, -0.2) is 9.97 Å². The normalized spacial score (nSPS) is 19.9. The van der Waals surface area contributed by atoms with Crippen LogP contribution in [0.25, 0.3) is 0 Å². The van der Waals surface area contributed by atoms with Crippen LogP contribution in [-0.2, 0) is 17.7 Å². The first-order valence-electron chi connectivity index (χ1n) is 13.6. The molecule has 12 heteroatoms. The fraction of sp³-hybridized carbons (Fsp3) is 0.464. The molecule has 2 fully saturated rings. The maximum atomic E-state index is 13.0. The minimum Gasteiger partial charge on any atom is -0.493 e. The Morgan fingerprint density at radius 2 is 2.02 bits per heavy atom. The number of aromatic nitrogens is 4. The number of rotatable bonds is 5. The van der Waals surface area contributed by atoms with Crippen LogP contribution in [0.3, 0.4) is 0 Å². The Kier molecular flexibility index (Phi) is 7.45. The molecular formula is C28H31ClN6O4S. The molecule has 5 heterocycles. The minimum absolute atomic E-state index is 0.298. The van der Waals surface area contributed by atoms with Crippen molar-refractivity contribution in [1.82, 2.24) is 19.5 Å². The third kappa shape index (κ3) is 5.29. The van der Waals surface area contributed by atoms with Crippen molar-refractivity contribution in [3.05, 3.63) is 57.4 Å². The first-order valence-corrected chi connectivity index (χ1v) is 14.8. The zero-order chi connectivity index (χ0) is 27.9. The standard InChI is InChI=1S/C28H31ClN6O4S/c1-17-13-28(16-39-17)8-11-34(12-9-28)21-14-31-22(15-30-21)40-19-6-4-5-18(24(19)29)32-25(36)23-26(37)33-20-7-2-3-10-35(20)27(23)38/h4-6,14-15,17,37H,2-3,7-13,16H2,1H3,(H,32,36)/t17-/m0/s1. The first kappa shape index (κ1) is 27.0. The van der Waals surface area contributed by atoms with Crippen LogP contribution < -0.4 is 15.8 Å². The van der Waals surface area contributed by atoms with Crippen LogP contribution in [0.5, 0.6) is 5.88 Å². The number of ether oxygens (including phenoxy) is 1. The van der Waals surface area contributed by atoms with Crippen molar-refractivity contribution >= 4 is 40.8 Å². The topological polar surface area (TPSA) is 122 Å². The number of hydrogen-bond donors (Lipinski definition) is 2. The van der Waals surface area contributed by atoms with Gasteiger partial charge in [0.05, 0.1) is 35.8 Å². The Labute approximate surface area is 241 Å². The van der Waals surface area contributed by atoms with Gasteiger partial charge in [0, 0.05) is 31.0 Å². The average molecular weight is 583 g/mol. The van der Waals surface area contributed by atoms with Crippen molar-refractivity contribution in [3.8, 4) is 5.88 Å². The van der Waals surface area contributed by atoms with E-state index >= 15 is 0 Å². The fourth-order valence-electron chi connectivity index (χ4n) is 5.87. The van der Waals surface area contributed by atoms with E-state index in [0.29, 0.717) is 50.9 Å². The van der Waals surface area contributed by atoms with E-state index in [-0.39, 0.29) is 5.56 Å². The SMILES string of the molecule is C[C@H]1CC2(CCN(c3cnc(Sc4cccc(NC(=O)c5c(O)nc6n(c5=O)CCCC6)c4Cl)cn3)CC2)CO1. The highest BCUT2D eigenvalue weighted by Crippen LogP contribution is 2.42. The van der Waals surface area contributed by atoms with E-state index in [1.54, 1.807) is 24.5 Å². The van der Waals surface area contributed by atoms with E-state index < -0.39 is 17.3 Å². The number of fused-ring (bicyclic) bond motifs is 1. The third-order valence-electron chi connectivity index (χ3n) is 8.07. The summed E-state index contributed by atoms with van der Waals surface area (Å²) in [5.41, 5.74) is -0.318. The number of nitrogens with zero attached hydrogens (tertiary/aromatic N) is 5. The molecule has 2 aromatic heterocycles. The van der Waals surface area contributed by atoms with Crippen LogP contribution in [-0.4, -0.2) is 56.3 Å². The van der Waals surface area contributed by atoms with E-state index in [9.17, 15) is 14.7 Å². The summed E-state index contributed by atoms with van der Waals surface area (Å²) in [6.07, 6.45) is 9.47. The summed E-state index contributed by atoms with van der Waals surface area (Å²) < 4.78 is 7.30. The van der Waals surface area contributed by atoms with Gasteiger partial charge in [0.25, 0.3) is 11.5 Å². The van der Waals surface area contributed by atoms with Gasteiger partial charge >= 0.3 is 0 Å². The predicted molar refractivity (Wildman–Crippen MR) is 153 cm³/mol. The number of carbonyl (C=O) groups is 1. The fourth-order valence-corrected chi connectivity index (χ4v) is 6.95. The Hall–Kier alpha value is -3.15. The van der Waals surface area contributed by atoms with Gasteiger partial charge in [-0.05, 0) is 56.6 Å². The molecule has 210 valence electrons. The highest BCUT2D eigenvalue weighted by atomic mass is 35.5. The van der Waals surface area contributed by atoms with Gasteiger partial charge in [0.1, 0.15) is 16.7 Å². The number of anilines is 2. The molecule has 0 bridgehead atoms. The molecule has 1 aromatic carbocycles. The molecule has 0 radical (unpaired) electrons. The van der Waals surface area contributed by atoms with Crippen molar-refractivity contribution in [2.24, 2.45) is 5.41 Å². The summed E-state index contributed by atoms with van der Waals surface area (Å²) in [6.45, 7) is 5.35. The second kappa shape index (κ2) is 11.0. The molecule has 40 heavy (non-hydrogen) atoms. The lowest BCUT2D eigenvalue weighted by Gasteiger charge is -2.38. The van der Waals surface area contributed by atoms with E-state index in [4.69, 9.17) is 16.3 Å². The van der Waals surface area contributed by atoms with E-state index in [2.05, 4.69) is 32.1 Å². The number of aryl methyl sites for hydroxylation is 1. The second-order valence-electron chi connectivity index (χ2n) is 10.8. The van der Waals surface area contributed by atoms with Crippen molar-refractivity contribution in [2.45, 2.75) is 68.0 Å². The zero-order valence-corrected chi connectivity index (χ0v) is 23.8. The van der Waals surface area contributed by atoms with Crippen molar-refractivity contribution in [2.75, 3.05) is 29.9 Å².